The Hall–Kier alpha value is -7.62. The van der Waals surface area contributed by atoms with Gasteiger partial charge in [-0.3, -0.25) is 0 Å². The van der Waals surface area contributed by atoms with E-state index in [9.17, 15) is 0 Å². The molecule has 3 heteroatoms. The average molecular weight is 756 g/mol. The highest BCUT2D eigenvalue weighted by Gasteiger charge is 2.21. The molecule has 3 nitrogen and oxygen atoms in total. The van der Waals surface area contributed by atoms with Gasteiger partial charge in [0.1, 0.15) is 22.3 Å². The van der Waals surface area contributed by atoms with Crippen LogP contribution < -0.4 is 0 Å². The number of hydrogen-bond acceptors (Lipinski definition) is 2. The second-order valence-corrected chi connectivity index (χ2v) is 15.8. The van der Waals surface area contributed by atoms with E-state index in [2.05, 4.69) is 200 Å². The van der Waals surface area contributed by atoms with Crippen LogP contribution in [-0.4, -0.2) is 4.57 Å². The molecule has 0 saturated carbocycles. The minimum Gasteiger partial charge on any atom is -0.455 e. The molecule has 0 spiro atoms. The van der Waals surface area contributed by atoms with E-state index in [0.717, 1.165) is 88.5 Å². The molecule has 3 aromatic heterocycles. The predicted octanol–water partition coefficient (Wildman–Crippen LogP) is 15.9. The highest BCUT2D eigenvalue weighted by atomic mass is 16.3. The molecule has 0 saturated heterocycles. The van der Waals surface area contributed by atoms with Crippen LogP contribution in [0.1, 0.15) is 11.1 Å². The fraction of sp³-hybridized carbons (Fsp3) is 0.0357. The lowest BCUT2D eigenvalue weighted by molar-refractivity contribution is 0.669. The summed E-state index contributed by atoms with van der Waals surface area (Å²) >= 11 is 0. The summed E-state index contributed by atoms with van der Waals surface area (Å²) in [6.07, 6.45) is 0. The number of para-hydroxylation sites is 3. The Balaban J connectivity index is 1.03. The van der Waals surface area contributed by atoms with Crippen LogP contribution in [0.15, 0.2) is 197 Å². The second-order valence-electron chi connectivity index (χ2n) is 15.8. The van der Waals surface area contributed by atoms with Gasteiger partial charge in [0.2, 0.25) is 0 Å². The topological polar surface area (TPSA) is 31.2 Å². The molecule has 0 fully saturated rings. The van der Waals surface area contributed by atoms with Crippen LogP contribution in [-0.2, 0) is 0 Å². The molecular weight excluding hydrogens is 719 g/mol. The smallest absolute Gasteiger partial charge is 0.143 e. The molecule has 0 amide bonds. The highest BCUT2D eigenvalue weighted by Crippen LogP contribution is 2.44. The predicted molar refractivity (Wildman–Crippen MR) is 247 cm³/mol. The third kappa shape index (κ3) is 5.21. The molecule has 0 unspecified atom stereocenters. The number of rotatable bonds is 5. The summed E-state index contributed by atoms with van der Waals surface area (Å²) < 4.78 is 15.8. The van der Waals surface area contributed by atoms with Crippen LogP contribution in [0, 0.1) is 13.8 Å². The second kappa shape index (κ2) is 13.0. The van der Waals surface area contributed by atoms with Gasteiger partial charge in [0.15, 0.2) is 0 Å². The Bertz CT molecular complexity index is 3560. The third-order valence-corrected chi connectivity index (χ3v) is 12.3. The molecular formula is C56H37NO2. The van der Waals surface area contributed by atoms with E-state index in [-0.39, 0.29) is 0 Å². The number of nitrogens with zero attached hydrogens (tertiary/aromatic N) is 1. The quantitative estimate of drug-likeness (QED) is 0.175. The van der Waals surface area contributed by atoms with Crippen molar-refractivity contribution in [1.29, 1.82) is 0 Å². The van der Waals surface area contributed by atoms with Crippen LogP contribution in [0.5, 0.6) is 0 Å². The molecule has 0 atom stereocenters. The summed E-state index contributed by atoms with van der Waals surface area (Å²) in [7, 11) is 0. The normalized spacial score (nSPS) is 11.9. The van der Waals surface area contributed by atoms with Crippen molar-refractivity contribution in [3.8, 4) is 50.2 Å². The summed E-state index contributed by atoms with van der Waals surface area (Å²) in [6.45, 7) is 4.40. The lowest BCUT2D eigenvalue weighted by atomic mass is 9.93. The van der Waals surface area contributed by atoms with E-state index in [0.29, 0.717) is 0 Å². The molecule has 0 aliphatic heterocycles. The van der Waals surface area contributed by atoms with E-state index in [4.69, 9.17) is 8.83 Å². The average Bonchev–Trinajstić information content (AvgIpc) is 3.96. The fourth-order valence-electron chi connectivity index (χ4n) is 9.50. The number of hydrogen-bond donors (Lipinski definition) is 0. The van der Waals surface area contributed by atoms with E-state index >= 15 is 0 Å². The Morgan fingerprint density at radius 2 is 0.847 bits per heavy atom. The van der Waals surface area contributed by atoms with E-state index in [1.807, 2.05) is 6.07 Å². The zero-order valence-electron chi connectivity index (χ0n) is 32.7. The maximum Gasteiger partial charge on any atom is 0.143 e. The van der Waals surface area contributed by atoms with Crippen LogP contribution in [0.25, 0.3) is 116 Å². The summed E-state index contributed by atoms with van der Waals surface area (Å²) in [6, 6.07) is 67.6. The summed E-state index contributed by atoms with van der Waals surface area (Å²) in [4.78, 5) is 0. The van der Waals surface area contributed by atoms with Crippen molar-refractivity contribution in [2.24, 2.45) is 0 Å². The van der Waals surface area contributed by atoms with Crippen molar-refractivity contribution in [3.05, 3.63) is 199 Å². The van der Waals surface area contributed by atoms with Gasteiger partial charge in [0, 0.05) is 49.1 Å². The van der Waals surface area contributed by atoms with Crippen molar-refractivity contribution >= 4 is 65.7 Å². The number of fused-ring (bicyclic) bond motifs is 9. The van der Waals surface area contributed by atoms with E-state index in [1.165, 1.54) is 38.5 Å². The molecule has 0 bridgehead atoms. The molecule has 0 aliphatic carbocycles. The Kier molecular flexibility index (Phi) is 7.36. The van der Waals surface area contributed by atoms with Gasteiger partial charge >= 0.3 is 0 Å². The van der Waals surface area contributed by atoms with Gasteiger partial charge in [0.05, 0.1) is 11.0 Å². The molecule has 278 valence electrons. The summed E-state index contributed by atoms with van der Waals surface area (Å²) in [5.74, 6) is 0. The number of aromatic nitrogens is 1. The number of benzene rings is 9. The third-order valence-electron chi connectivity index (χ3n) is 12.3. The first-order valence-corrected chi connectivity index (χ1v) is 20.2. The van der Waals surface area contributed by atoms with Crippen molar-refractivity contribution in [2.75, 3.05) is 0 Å². The first kappa shape index (κ1) is 33.5. The van der Waals surface area contributed by atoms with Crippen LogP contribution in [0.2, 0.25) is 0 Å². The minimum atomic E-state index is 0.874. The number of furan rings is 2. The van der Waals surface area contributed by atoms with Gasteiger partial charge in [-0.2, -0.15) is 0 Å². The molecule has 0 radical (unpaired) electrons. The molecule has 59 heavy (non-hydrogen) atoms. The maximum atomic E-state index is 6.87. The van der Waals surface area contributed by atoms with Crippen molar-refractivity contribution in [2.45, 2.75) is 13.8 Å². The summed E-state index contributed by atoms with van der Waals surface area (Å²) in [5, 5.41) is 6.92. The summed E-state index contributed by atoms with van der Waals surface area (Å²) in [5.41, 5.74) is 18.7. The van der Waals surface area contributed by atoms with Crippen molar-refractivity contribution in [3.63, 3.8) is 0 Å². The van der Waals surface area contributed by atoms with Gasteiger partial charge in [0.25, 0.3) is 0 Å². The minimum absolute atomic E-state index is 0.874. The van der Waals surface area contributed by atoms with E-state index < -0.39 is 0 Å². The van der Waals surface area contributed by atoms with Crippen LogP contribution in [0.3, 0.4) is 0 Å². The van der Waals surface area contributed by atoms with Crippen LogP contribution >= 0.6 is 0 Å². The SMILES string of the molecule is Cc1cccc(C)c1-c1cc(-n2c3ccccc3c3ccccc32)cc2c1oc1ccc(-c3cccc(-c4ccc5oc6c(-c7ccccc7)cccc6c5c4)c3)cc12. The van der Waals surface area contributed by atoms with Gasteiger partial charge in [-0.1, -0.05) is 133 Å². The standard InChI is InChI=1S/C56H37NO2/c1-34-13-10-14-35(2)54(34)49-33-41(57-50-23-8-6-19-43(50)44-20-7-9-24-51(44)57)32-48-47-31-40(26-28-53(47)59-56(48)49)38-18-11-17-37(29-38)39-25-27-52-46(30-39)45-22-12-21-42(55(45)58-52)36-15-4-3-5-16-36/h3-33H,1-2H3. The molecule has 0 aliphatic rings. The van der Waals surface area contributed by atoms with Gasteiger partial charge in [-0.25, -0.2) is 0 Å². The molecule has 9 aromatic carbocycles. The monoisotopic (exact) mass is 755 g/mol. The molecule has 12 aromatic rings. The van der Waals surface area contributed by atoms with Crippen molar-refractivity contribution in [1.82, 2.24) is 4.57 Å². The Morgan fingerprint density at radius 1 is 0.339 bits per heavy atom. The highest BCUT2D eigenvalue weighted by molar-refractivity contribution is 6.14. The van der Waals surface area contributed by atoms with Crippen LogP contribution in [0.4, 0.5) is 0 Å². The van der Waals surface area contributed by atoms with E-state index in [1.54, 1.807) is 0 Å². The molecule has 12 rings (SSSR count). The van der Waals surface area contributed by atoms with Gasteiger partial charge in [-0.05, 0) is 113 Å². The zero-order valence-corrected chi connectivity index (χ0v) is 32.7. The maximum absolute atomic E-state index is 6.87. The van der Waals surface area contributed by atoms with Gasteiger partial charge in [-0.15, -0.1) is 0 Å². The molecule has 3 heterocycles. The Labute approximate surface area is 341 Å². The largest absolute Gasteiger partial charge is 0.455 e. The molecule has 0 N–H and O–H groups in total. The Morgan fingerprint density at radius 3 is 1.51 bits per heavy atom. The lowest BCUT2D eigenvalue weighted by Crippen LogP contribution is -1.96. The zero-order chi connectivity index (χ0) is 39.2. The lowest BCUT2D eigenvalue weighted by Gasteiger charge is -2.14. The number of aryl methyl sites for hydroxylation is 2. The first-order valence-electron chi connectivity index (χ1n) is 20.2. The van der Waals surface area contributed by atoms with Gasteiger partial charge < -0.3 is 13.4 Å². The fourth-order valence-corrected chi connectivity index (χ4v) is 9.50. The first-order chi connectivity index (χ1) is 29.1. The van der Waals surface area contributed by atoms with Crippen molar-refractivity contribution < 1.29 is 8.83 Å².